The van der Waals surface area contributed by atoms with Crippen LogP contribution in [0.1, 0.15) is 0 Å². The van der Waals surface area contributed by atoms with Crippen LogP contribution in [0, 0.1) is 0 Å². The lowest BCUT2D eigenvalue weighted by Crippen LogP contribution is -2.06. The Labute approximate surface area is 113 Å². The number of hydrogen-bond donors (Lipinski definition) is 1. The van der Waals surface area contributed by atoms with E-state index in [4.69, 9.17) is 16.0 Å². The third-order valence-electron chi connectivity index (χ3n) is 2.68. The zero-order chi connectivity index (χ0) is 13.2. The van der Waals surface area contributed by atoms with Gasteiger partial charge in [-0.05, 0) is 24.3 Å². The Morgan fingerprint density at radius 2 is 2.00 bits per heavy atom. The minimum Gasteiger partial charge on any atom is -0.421 e. The zero-order valence-corrected chi connectivity index (χ0v) is 10.5. The van der Waals surface area contributed by atoms with E-state index in [2.05, 4.69) is 10.3 Å². The maximum atomic E-state index is 11.9. The van der Waals surface area contributed by atoms with Crippen LogP contribution in [-0.2, 0) is 0 Å². The van der Waals surface area contributed by atoms with Gasteiger partial charge < -0.3 is 9.73 Å². The van der Waals surface area contributed by atoms with Crippen LogP contribution in [0.2, 0.25) is 5.02 Å². The van der Waals surface area contributed by atoms with Gasteiger partial charge in [0.1, 0.15) is 11.3 Å². The number of aromatic nitrogens is 1. The molecule has 94 valence electrons. The molecule has 0 aliphatic rings. The van der Waals surface area contributed by atoms with Crippen molar-refractivity contribution in [3.05, 3.63) is 64.2 Å². The maximum Gasteiger partial charge on any atom is 0.360 e. The van der Waals surface area contributed by atoms with Crippen LogP contribution < -0.4 is 10.9 Å². The molecule has 0 saturated carbocycles. The molecule has 0 aliphatic heterocycles. The Kier molecular flexibility index (Phi) is 2.93. The maximum absolute atomic E-state index is 11.9. The quantitative estimate of drug-likeness (QED) is 0.775. The first-order chi connectivity index (χ1) is 9.24. The lowest BCUT2D eigenvalue weighted by Gasteiger charge is -2.07. The number of para-hydroxylation sites is 1. The van der Waals surface area contributed by atoms with E-state index in [1.807, 2.05) is 12.1 Å². The molecule has 0 fully saturated rings. The monoisotopic (exact) mass is 272 g/mol. The predicted molar refractivity (Wildman–Crippen MR) is 75.0 cm³/mol. The molecule has 19 heavy (non-hydrogen) atoms. The average molecular weight is 273 g/mol. The molecule has 0 unspecified atom stereocenters. The zero-order valence-electron chi connectivity index (χ0n) is 9.76. The molecule has 2 aromatic heterocycles. The van der Waals surface area contributed by atoms with Gasteiger partial charge in [0.2, 0.25) is 0 Å². The fourth-order valence-corrected chi connectivity index (χ4v) is 1.94. The molecule has 2 heterocycles. The molecule has 0 saturated heterocycles. The van der Waals surface area contributed by atoms with Gasteiger partial charge in [-0.15, -0.1) is 0 Å². The molecule has 0 atom stereocenters. The van der Waals surface area contributed by atoms with Gasteiger partial charge in [0, 0.05) is 17.8 Å². The summed E-state index contributed by atoms with van der Waals surface area (Å²) in [5.74, 6) is 0. The molecular formula is C14H9ClN2O2. The van der Waals surface area contributed by atoms with E-state index in [0.717, 1.165) is 5.39 Å². The molecule has 0 spiro atoms. The van der Waals surface area contributed by atoms with Crippen LogP contribution in [0.25, 0.3) is 11.0 Å². The van der Waals surface area contributed by atoms with Gasteiger partial charge >= 0.3 is 5.63 Å². The second-order valence-corrected chi connectivity index (χ2v) is 4.37. The number of fused-ring (bicyclic) bond motifs is 1. The highest BCUT2D eigenvalue weighted by molar-refractivity contribution is 6.33. The average Bonchev–Trinajstić information content (AvgIpc) is 2.42. The van der Waals surface area contributed by atoms with Gasteiger partial charge in [-0.2, -0.15) is 0 Å². The van der Waals surface area contributed by atoms with Crippen molar-refractivity contribution in [1.82, 2.24) is 4.98 Å². The fourth-order valence-electron chi connectivity index (χ4n) is 1.76. The summed E-state index contributed by atoms with van der Waals surface area (Å²) in [7, 11) is 0. The Hall–Kier alpha value is -2.33. The number of nitrogens with zero attached hydrogens (tertiary/aromatic N) is 1. The summed E-state index contributed by atoms with van der Waals surface area (Å²) in [5.41, 5.74) is 1.04. The molecule has 1 N–H and O–H groups in total. The van der Waals surface area contributed by atoms with Crippen LogP contribution in [0.15, 0.2) is 58.0 Å². The Morgan fingerprint density at radius 3 is 2.84 bits per heavy atom. The molecule has 0 radical (unpaired) electrons. The Balaban J connectivity index is 2.08. The fraction of sp³-hybridized carbons (Fsp3) is 0. The molecule has 0 amide bonds. The van der Waals surface area contributed by atoms with Gasteiger partial charge in [-0.25, -0.2) is 4.79 Å². The molecule has 0 aliphatic carbocycles. The second kappa shape index (κ2) is 4.74. The second-order valence-electron chi connectivity index (χ2n) is 3.97. The van der Waals surface area contributed by atoms with Crippen LogP contribution >= 0.6 is 11.6 Å². The van der Waals surface area contributed by atoms with Crippen LogP contribution in [0.5, 0.6) is 0 Å². The molecular weight excluding hydrogens is 264 g/mol. The first-order valence-electron chi connectivity index (χ1n) is 5.63. The standard InChI is InChI=1S/C14H9ClN2O2/c15-10-3-1-2-4-11(10)17-12-7-9-8-16-6-5-13(9)19-14(12)18/h1-8,17H. The lowest BCUT2D eigenvalue weighted by molar-refractivity contribution is 0.563. The van der Waals surface area contributed by atoms with Crippen LogP contribution in [-0.4, -0.2) is 4.98 Å². The third kappa shape index (κ3) is 2.30. The van der Waals surface area contributed by atoms with Crippen molar-refractivity contribution in [3.63, 3.8) is 0 Å². The number of anilines is 2. The summed E-state index contributed by atoms with van der Waals surface area (Å²) in [4.78, 5) is 15.8. The molecule has 5 heteroatoms. The molecule has 3 aromatic rings. The Bertz CT molecular complexity index is 799. The highest BCUT2D eigenvalue weighted by atomic mass is 35.5. The predicted octanol–water partition coefficient (Wildman–Crippen LogP) is 3.59. The van der Waals surface area contributed by atoms with Gasteiger partial charge in [0.25, 0.3) is 0 Å². The van der Waals surface area contributed by atoms with Crippen LogP contribution in [0.3, 0.4) is 0 Å². The van der Waals surface area contributed by atoms with Crippen molar-refractivity contribution in [3.8, 4) is 0 Å². The van der Waals surface area contributed by atoms with Crippen molar-refractivity contribution in [2.75, 3.05) is 5.32 Å². The summed E-state index contributed by atoms with van der Waals surface area (Å²) in [6, 6.07) is 10.5. The number of halogens is 1. The smallest absolute Gasteiger partial charge is 0.360 e. The lowest BCUT2D eigenvalue weighted by atomic mass is 10.2. The molecule has 4 nitrogen and oxygen atoms in total. The van der Waals surface area contributed by atoms with Crippen molar-refractivity contribution < 1.29 is 4.42 Å². The van der Waals surface area contributed by atoms with Crippen molar-refractivity contribution in [1.29, 1.82) is 0 Å². The summed E-state index contributed by atoms with van der Waals surface area (Å²) < 4.78 is 5.20. The highest BCUT2D eigenvalue weighted by Gasteiger charge is 2.07. The van der Waals surface area contributed by atoms with Gasteiger partial charge in [0.15, 0.2) is 0 Å². The van der Waals surface area contributed by atoms with E-state index in [-0.39, 0.29) is 0 Å². The molecule has 1 aromatic carbocycles. The minimum atomic E-state index is -0.446. The Morgan fingerprint density at radius 1 is 1.16 bits per heavy atom. The highest BCUT2D eigenvalue weighted by Crippen LogP contribution is 2.24. The summed E-state index contributed by atoms with van der Waals surface area (Å²) in [6.07, 6.45) is 3.21. The SMILES string of the molecule is O=c1oc2ccncc2cc1Nc1ccccc1Cl. The van der Waals surface area contributed by atoms with Gasteiger partial charge in [-0.3, -0.25) is 4.98 Å². The first kappa shape index (κ1) is 11.7. The van der Waals surface area contributed by atoms with E-state index in [1.165, 1.54) is 0 Å². The minimum absolute atomic E-state index is 0.327. The van der Waals surface area contributed by atoms with E-state index in [1.54, 1.807) is 36.7 Å². The number of nitrogens with one attached hydrogen (secondary N) is 1. The van der Waals surface area contributed by atoms with Crippen LogP contribution in [0.4, 0.5) is 11.4 Å². The molecule has 0 bridgehead atoms. The van der Waals surface area contributed by atoms with Crippen molar-refractivity contribution >= 4 is 33.9 Å². The van der Waals surface area contributed by atoms with E-state index < -0.39 is 5.63 Å². The number of benzene rings is 1. The van der Waals surface area contributed by atoms with E-state index in [0.29, 0.717) is 22.0 Å². The van der Waals surface area contributed by atoms with Gasteiger partial charge in [-0.1, -0.05) is 23.7 Å². The summed E-state index contributed by atoms with van der Waals surface area (Å²) >= 11 is 6.04. The summed E-state index contributed by atoms with van der Waals surface area (Å²) in [5, 5.41) is 4.25. The third-order valence-corrected chi connectivity index (χ3v) is 3.01. The summed E-state index contributed by atoms with van der Waals surface area (Å²) in [6.45, 7) is 0. The topological polar surface area (TPSA) is 55.1 Å². The number of rotatable bonds is 2. The number of pyridine rings is 1. The van der Waals surface area contributed by atoms with Crippen molar-refractivity contribution in [2.24, 2.45) is 0 Å². The van der Waals surface area contributed by atoms with E-state index >= 15 is 0 Å². The first-order valence-corrected chi connectivity index (χ1v) is 6.01. The van der Waals surface area contributed by atoms with Crippen molar-refractivity contribution in [2.45, 2.75) is 0 Å². The largest absolute Gasteiger partial charge is 0.421 e. The molecule has 3 rings (SSSR count). The number of hydrogen-bond acceptors (Lipinski definition) is 4. The normalized spacial score (nSPS) is 10.6. The van der Waals surface area contributed by atoms with Gasteiger partial charge in [0.05, 0.1) is 10.7 Å². The van der Waals surface area contributed by atoms with E-state index in [9.17, 15) is 4.79 Å².